The molecule has 0 saturated carbocycles. The molecule has 28 heavy (non-hydrogen) atoms. The predicted octanol–water partition coefficient (Wildman–Crippen LogP) is 3.68. The summed E-state index contributed by atoms with van der Waals surface area (Å²) < 4.78 is 10.5. The van der Waals surface area contributed by atoms with Gasteiger partial charge in [-0.25, -0.2) is 4.98 Å². The van der Waals surface area contributed by atoms with E-state index in [1.807, 2.05) is 36.1 Å². The molecule has 1 saturated heterocycles. The smallest absolute Gasteiger partial charge is 0.257 e. The number of rotatable bonds is 5. The molecule has 3 aromatic rings. The first kappa shape index (κ1) is 18.7. The molecular weight excluding hydrogens is 374 g/mol. The van der Waals surface area contributed by atoms with Crippen molar-refractivity contribution in [3.8, 4) is 16.3 Å². The molecular formula is C21H23N3O3S. The number of thiazole rings is 1. The van der Waals surface area contributed by atoms with Crippen LogP contribution in [-0.4, -0.2) is 54.0 Å². The predicted molar refractivity (Wildman–Crippen MR) is 109 cm³/mol. The van der Waals surface area contributed by atoms with E-state index in [0.717, 1.165) is 54.7 Å². The lowest BCUT2D eigenvalue weighted by molar-refractivity contribution is 0.0625. The first-order valence-electron chi connectivity index (χ1n) is 9.28. The highest BCUT2D eigenvalue weighted by Crippen LogP contribution is 2.26. The van der Waals surface area contributed by atoms with Crippen molar-refractivity contribution in [2.24, 2.45) is 0 Å². The van der Waals surface area contributed by atoms with Crippen LogP contribution in [0.4, 0.5) is 0 Å². The van der Waals surface area contributed by atoms with Gasteiger partial charge >= 0.3 is 0 Å². The number of furan rings is 1. The normalized spacial score (nSPS) is 15.0. The number of methoxy groups -OCH3 is 1. The zero-order chi connectivity index (χ0) is 19.5. The van der Waals surface area contributed by atoms with Gasteiger partial charge in [0, 0.05) is 43.7 Å². The quantitative estimate of drug-likeness (QED) is 0.657. The molecule has 0 atom stereocenters. The van der Waals surface area contributed by atoms with Gasteiger partial charge in [0.1, 0.15) is 16.5 Å². The molecule has 6 nitrogen and oxygen atoms in total. The summed E-state index contributed by atoms with van der Waals surface area (Å²) in [5.41, 5.74) is 2.83. The number of nitrogens with zero attached hydrogens (tertiary/aromatic N) is 3. The molecule has 146 valence electrons. The van der Waals surface area contributed by atoms with Crippen LogP contribution in [0, 0.1) is 6.92 Å². The van der Waals surface area contributed by atoms with Crippen LogP contribution >= 0.6 is 11.3 Å². The van der Waals surface area contributed by atoms with E-state index in [1.54, 1.807) is 30.8 Å². The molecule has 1 aromatic carbocycles. The van der Waals surface area contributed by atoms with E-state index in [-0.39, 0.29) is 5.91 Å². The minimum atomic E-state index is 0.0568. The van der Waals surface area contributed by atoms with Gasteiger partial charge in [-0.05, 0) is 37.3 Å². The van der Waals surface area contributed by atoms with Crippen molar-refractivity contribution in [2.45, 2.75) is 13.5 Å². The summed E-state index contributed by atoms with van der Waals surface area (Å²) in [4.78, 5) is 21.6. The van der Waals surface area contributed by atoms with E-state index < -0.39 is 0 Å². The van der Waals surface area contributed by atoms with E-state index in [4.69, 9.17) is 14.1 Å². The van der Waals surface area contributed by atoms with E-state index in [1.165, 1.54) is 0 Å². The number of piperazine rings is 1. The molecule has 4 rings (SSSR count). The van der Waals surface area contributed by atoms with Crippen molar-refractivity contribution in [3.05, 3.63) is 59.0 Å². The fourth-order valence-corrected chi connectivity index (χ4v) is 4.18. The maximum absolute atomic E-state index is 12.6. The van der Waals surface area contributed by atoms with Crippen molar-refractivity contribution in [1.82, 2.24) is 14.8 Å². The van der Waals surface area contributed by atoms with Crippen LogP contribution in [0.3, 0.4) is 0 Å². The number of hydrogen-bond acceptors (Lipinski definition) is 6. The van der Waals surface area contributed by atoms with Gasteiger partial charge in [-0.1, -0.05) is 0 Å². The topological polar surface area (TPSA) is 58.8 Å². The second-order valence-corrected chi connectivity index (χ2v) is 7.69. The number of hydrogen-bond donors (Lipinski definition) is 0. The summed E-state index contributed by atoms with van der Waals surface area (Å²) in [7, 11) is 1.67. The number of benzene rings is 1. The van der Waals surface area contributed by atoms with Crippen molar-refractivity contribution < 1.29 is 13.9 Å². The lowest BCUT2D eigenvalue weighted by atomic mass is 10.2. The Hall–Kier alpha value is -2.64. The summed E-state index contributed by atoms with van der Waals surface area (Å²) in [6, 6.07) is 9.72. The maximum Gasteiger partial charge on any atom is 0.257 e. The Labute approximate surface area is 168 Å². The monoisotopic (exact) mass is 397 g/mol. The molecule has 0 bridgehead atoms. The Bertz CT molecular complexity index is 940. The average Bonchev–Trinajstić information content (AvgIpc) is 3.37. The molecule has 0 spiro atoms. The SMILES string of the molecule is COc1ccc(-c2nc(CN3CCN(C(=O)c4ccoc4C)CC3)cs2)cc1. The van der Waals surface area contributed by atoms with E-state index in [2.05, 4.69) is 10.3 Å². The largest absolute Gasteiger partial charge is 0.497 e. The van der Waals surface area contributed by atoms with Gasteiger partial charge < -0.3 is 14.1 Å². The molecule has 0 N–H and O–H groups in total. The van der Waals surface area contributed by atoms with E-state index >= 15 is 0 Å². The van der Waals surface area contributed by atoms with Crippen molar-refractivity contribution in [3.63, 3.8) is 0 Å². The van der Waals surface area contributed by atoms with E-state index in [0.29, 0.717) is 11.3 Å². The van der Waals surface area contributed by atoms with Gasteiger partial charge in [0.25, 0.3) is 5.91 Å². The highest BCUT2D eigenvalue weighted by molar-refractivity contribution is 7.13. The lowest BCUT2D eigenvalue weighted by Crippen LogP contribution is -2.48. The van der Waals surface area contributed by atoms with Crippen molar-refractivity contribution in [1.29, 1.82) is 0 Å². The highest BCUT2D eigenvalue weighted by atomic mass is 32.1. The van der Waals surface area contributed by atoms with Crippen LogP contribution in [0.5, 0.6) is 5.75 Å². The minimum Gasteiger partial charge on any atom is -0.497 e. The van der Waals surface area contributed by atoms with Crippen molar-refractivity contribution in [2.75, 3.05) is 33.3 Å². The second kappa shape index (κ2) is 8.16. The molecule has 7 heteroatoms. The third-order valence-electron chi connectivity index (χ3n) is 5.02. The summed E-state index contributed by atoms with van der Waals surface area (Å²) in [6.07, 6.45) is 1.57. The number of carbonyl (C=O) groups is 1. The van der Waals surface area contributed by atoms with Crippen LogP contribution in [0.2, 0.25) is 0 Å². The van der Waals surface area contributed by atoms with E-state index in [9.17, 15) is 4.79 Å². The molecule has 1 aliphatic rings. The van der Waals surface area contributed by atoms with Crippen LogP contribution in [-0.2, 0) is 6.54 Å². The first-order chi connectivity index (χ1) is 13.6. The van der Waals surface area contributed by atoms with Crippen LogP contribution in [0.25, 0.3) is 10.6 Å². The average molecular weight is 398 g/mol. The van der Waals surface area contributed by atoms with Crippen LogP contribution < -0.4 is 4.74 Å². The van der Waals surface area contributed by atoms with Gasteiger partial charge in [0.15, 0.2) is 0 Å². The Morgan fingerprint density at radius 2 is 1.93 bits per heavy atom. The number of carbonyl (C=O) groups excluding carboxylic acids is 1. The first-order valence-corrected chi connectivity index (χ1v) is 10.2. The number of aromatic nitrogens is 1. The Balaban J connectivity index is 1.33. The Morgan fingerprint density at radius 3 is 2.57 bits per heavy atom. The highest BCUT2D eigenvalue weighted by Gasteiger charge is 2.24. The molecule has 0 unspecified atom stereocenters. The molecule has 3 heterocycles. The fourth-order valence-electron chi connectivity index (χ4n) is 3.36. The number of amides is 1. The third-order valence-corrected chi connectivity index (χ3v) is 5.96. The molecule has 1 aliphatic heterocycles. The van der Waals surface area contributed by atoms with Gasteiger partial charge in [-0.3, -0.25) is 9.69 Å². The minimum absolute atomic E-state index is 0.0568. The van der Waals surface area contributed by atoms with Gasteiger partial charge in [0.05, 0.1) is 24.6 Å². The molecule has 1 fully saturated rings. The fraction of sp³-hybridized carbons (Fsp3) is 0.333. The van der Waals surface area contributed by atoms with Gasteiger partial charge in [-0.2, -0.15) is 0 Å². The third kappa shape index (κ3) is 3.95. The zero-order valence-electron chi connectivity index (χ0n) is 16.1. The zero-order valence-corrected chi connectivity index (χ0v) is 16.9. The van der Waals surface area contributed by atoms with Crippen LogP contribution in [0.1, 0.15) is 21.8 Å². The standard InChI is InChI=1S/C21H23N3O3S/c1-15-19(7-12-27-15)21(25)24-10-8-23(9-11-24)13-17-14-28-20(22-17)16-3-5-18(26-2)6-4-16/h3-7,12,14H,8-11,13H2,1-2H3. The summed E-state index contributed by atoms with van der Waals surface area (Å²) in [5.74, 6) is 1.58. The van der Waals surface area contributed by atoms with Gasteiger partial charge in [0.2, 0.25) is 0 Å². The summed E-state index contributed by atoms with van der Waals surface area (Å²) in [6.45, 7) is 5.76. The summed E-state index contributed by atoms with van der Waals surface area (Å²) >= 11 is 1.66. The maximum atomic E-state index is 12.6. The Morgan fingerprint density at radius 1 is 1.18 bits per heavy atom. The van der Waals surface area contributed by atoms with Gasteiger partial charge in [-0.15, -0.1) is 11.3 Å². The molecule has 0 radical (unpaired) electrons. The Kier molecular flexibility index (Phi) is 5.45. The molecule has 1 amide bonds. The van der Waals surface area contributed by atoms with Crippen molar-refractivity contribution >= 4 is 17.2 Å². The molecule has 2 aromatic heterocycles. The van der Waals surface area contributed by atoms with Crippen LogP contribution in [0.15, 0.2) is 46.4 Å². The number of aryl methyl sites for hydroxylation is 1. The lowest BCUT2D eigenvalue weighted by Gasteiger charge is -2.34. The summed E-state index contributed by atoms with van der Waals surface area (Å²) in [5, 5.41) is 3.13. The number of ether oxygens (including phenoxy) is 1. The second-order valence-electron chi connectivity index (χ2n) is 6.83. The molecule has 0 aliphatic carbocycles.